The first kappa shape index (κ1) is 16.4. The Morgan fingerprint density at radius 3 is 2.39 bits per heavy atom. The number of hydrogen-bond donors (Lipinski definition) is 1. The number of methoxy groups -OCH3 is 2. The van der Waals surface area contributed by atoms with E-state index in [-0.39, 0.29) is 5.91 Å². The van der Waals surface area contributed by atoms with Crippen LogP contribution in [0.15, 0.2) is 54.6 Å². The predicted octanol–water partition coefficient (Wildman–Crippen LogP) is 2.88. The van der Waals surface area contributed by atoms with Gasteiger partial charge >= 0.3 is 0 Å². The third-order valence-corrected chi connectivity index (χ3v) is 3.26. The summed E-state index contributed by atoms with van der Waals surface area (Å²) in [5.41, 5.74) is 4.52. The highest BCUT2D eigenvalue weighted by Crippen LogP contribution is 2.27. The van der Waals surface area contributed by atoms with Crippen molar-refractivity contribution in [2.24, 2.45) is 0 Å². The fourth-order valence-corrected chi connectivity index (χ4v) is 2.05. The Hall–Kier alpha value is -2.95. The molecule has 1 N–H and O–H groups in total. The van der Waals surface area contributed by atoms with Crippen LogP contribution in [0.4, 0.5) is 5.69 Å². The van der Waals surface area contributed by atoms with Gasteiger partial charge in [-0.3, -0.25) is 15.2 Å². The zero-order valence-corrected chi connectivity index (χ0v) is 13.4. The molecule has 0 aliphatic carbocycles. The molecule has 0 bridgehead atoms. The molecule has 5 heteroatoms. The van der Waals surface area contributed by atoms with E-state index in [2.05, 4.69) is 5.43 Å². The van der Waals surface area contributed by atoms with Crippen LogP contribution in [0.1, 0.15) is 5.56 Å². The first-order valence-electron chi connectivity index (χ1n) is 7.13. The lowest BCUT2D eigenvalue weighted by molar-refractivity contribution is -0.116. The van der Waals surface area contributed by atoms with Gasteiger partial charge in [-0.25, -0.2) is 0 Å². The molecule has 23 heavy (non-hydrogen) atoms. The lowest BCUT2D eigenvalue weighted by Gasteiger charge is -2.19. The van der Waals surface area contributed by atoms with Crippen molar-refractivity contribution in [1.82, 2.24) is 5.43 Å². The van der Waals surface area contributed by atoms with Crippen LogP contribution < -0.4 is 19.9 Å². The fourth-order valence-electron chi connectivity index (χ4n) is 2.05. The highest BCUT2D eigenvalue weighted by Gasteiger charge is 2.04. The maximum atomic E-state index is 12.0. The van der Waals surface area contributed by atoms with Crippen LogP contribution in [0.2, 0.25) is 0 Å². The van der Waals surface area contributed by atoms with Crippen molar-refractivity contribution < 1.29 is 14.3 Å². The second-order valence-corrected chi connectivity index (χ2v) is 4.82. The normalized spacial score (nSPS) is 10.4. The molecule has 0 saturated heterocycles. The Bertz CT molecular complexity index is 684. The van der Waals surface area contributed by atoms with Gasteiger partial charge in [-0.05, 0) is 35.9 Å². The van der Waals surface area contributed by atoms with Crippen LogP contribution in [0.3, 0.4) is 0 Å². The molecule has 0 unspecified atom stereocenters. The summed E-state index contributed by atoms with van der Waals surface area (Å²) >= 11 is 0. The second kappa shape index (κ2) is 7.89. The van der Waals surface area contributed by atoms with Gasteiger partial charge in [-0.1, -0.05) is 24.3 Å². The number of rotatable bonds is 6. The number of para-hydroxylation sites is 1. The van der Waals surface area contributed by atoms with Gasteiger partial charge in [0.2, 0.25) is 0 Å². The van der Waals surface area contributed by atoms with Crippen molar-refractivity contribution in [3.8, 4) is 11.5 Å². The molecule has 0 spiro atoms. The zero-order chi connectivity index (χ0) is 16.7. The van der Waals surface area contributed by atoms with Gasteiger partial charge in [-0.2, -0.15) is 0 Å². The number of carbonyl (C=O) groups is 1. The van der Waals surface area contributed by atoms with Crippen molar-refractivity contribution >= 4 is 17.7 Å². The molecule has 2 rings (SSSR count). The van der Waals surface area contributed by atoms with Crippen molar-refractivity contribution in [3.05, 3.63) is 60.2 Å². The van der Waals surface area contributed by atoms with Crippen LogP contribution >= 0.6 is 0 Å². The van der Waals surface area contributed by atoms with Crippen molar-refractivity contribution in [2.75, 3.05) is 26.3 Å². The molecule has 0 saturated carbocycles. The van der Waals surface area contributed by atoms with E-state index in [1.165, 1.54) is 6.08 Å². The molecule has 0 heterocycles. The number of nitrogens with one attached hydrogen (secondary N) is 1. The maximum absolute atomic E-state index is 12.0. The average Bonchev–Trinajstić information content (AvgIpc) is 2.60. The summed E-state index contributed by atoms with van der Waals surface area (Å²) in [6.45, 7) is 0. The molecule has 0 aliphatic rings. The van der Waals surface area contributed by atoms with Gasteiger partial charge in [-0.15, -0.1) is 0 Å². The Balaban J connectivity index is 2.01. The molecule has 2 aromatic carbocycles. The van der Waals surface area contributed by atoms with Crippen molar-refractivity contribution in [3.63, 3.8) is 0 Å². The number of amides is 1. The molecule has 1 amide bonds. The van der Waals surface area contributed by atoms with E-state index < -0.39 is 0 Å². The third kappa shape index (κ3) is 4.51. The van der Waals surface area contributed by atoms with E-state index in [0.717, 1.165) is 11.3 Å². The van der Waals surface area contributed by atoms with Gasteiger partial charge in [0, 0.05) is 13.1 Å². The fraction of sp³-hybridized carbons (Fsp3) is 0.167. The lowest BCUT2D eigenvalue weighted by Crippen LogP contribution is -2.38. The Morgan fingerprint density at radius 2 is 1.74 bits per heavy atom. The van der Waals surface area contributed by atoms with E-state index >= 15 is 0 Å². The number of anilines is 1. The molecule has 0 aliphatic heterocycles. The summed E-state index contributed by atoms with van der Waals surface area (Å²) in [7, 11) is 4.95. The monoisotopic (exact) mass is 312 g/mol. The summed E-state index contributed by atoms with van der Waals surface area (Å²) in [5.74, 6) is 1.06. The Kier molecular flexibility index (Phi) is 5.63. The summed E-state index contributed by atoms with van der Waals surface area (Å²) in [5, 5.41) is 1.67. The number of carbonyl (C=O) groups excluding carboxylic acids is 1. The quantitative estimate of drug-likeness (QED) is 0.658. The van der Waals surface area contributed by atoms with Crippen LogP contribution in [-0.2, 0) is 4.79 Å². The van der Waals surface area contributed by atoms with Gasteiger partial charge in [0.05, 0.1) is 19.9 Å². The number of nitrogens with zero attached hydrogens (tertiary/aromatic N) is 1. The molecule has 0 atom stereocenters. The highest BCUT2D eigenvalue weighted by molar-refractivity contribution is 5.92. The minimum absolute atomic E-state index is 0.217. The molecular formula is C18H20N2O3. The first-order chi connectivity index (χ1) is 11.1. The topological polar surface area (TPSA) is 50.8 Å². The van der Waals surface area contributed by atoms with Gasteiger partial charge in [0.15, 0.2) is 11.5 Å². The number of ether oxygens (including phenoxy) is 2. The van der Waals surface area contributed by atoms with E-state index in [4.69, 9.17) is 9.47 Å². The predicted molar refractivity (Wildman–Crippen MR) is 91.6 cm³/mol. The number of hydrogen-bond acceptors (Lipinski definition) is 4. The van der Waals surface area contributed by atoms with E-state index in [9.17, 15) is 4.79 Å². The summed E-state index contributed by atoms with van der Waals surface area (Å²) in [6, 6.07) is 15.0. The lowest BCUT2D eigenvalue weighted by atomic mass is 10.2. The van der Waals surface area contributed by atoms with Gasteiger partial charge in [0.1, 0.15) is 0 Å². The molecular weight excluding hydrogens is 292 g/mol. The number of benzene rings is 2. The standard InChI is InChI=1S/C18H20N2O3/c1-20(15-7-5-4-6-8-15)19-18(21)12-10-14-9-11-16(22-2)17(13-14)23-3/h4-13H,1-3H3,(H,19,21)/b12-10+. The van der Waals surface area contributed by atoms with Gasteiger partial charge < -0.3 is 9.47 Å². The van der Waals surface area contributed by atoms with Crippen molar-refractivity contribution in [1.29, 1.82) is 0 Å². The molecule has 2 aromatic rings. The van der Waals surface area contributed by atoms with Crippen LogP contribution in [0.25, 0.3) is 6.08 Å². The number of hydrazine groups is 1. The summed E-state index contributed by atoms with van der Waals surface area (Å²) < 4.78 is 10.4. The molecule has 0 aromatic heterocycles. The highest BCUT2D eigenvalue weighted by atomic mass is 16.5. The Labute approximate surface area is 136 Å². The molecule has 5 nitrogen and oxygen atoms in total. The average molecular weight is 312 g/mol. The third-order valence-electron chi connectivity index (χ3n) is 3.26. The SMILES string of the molecule is COc1ccc(/C=C/C(=O)NN(C)c2ccccc2)cc1OC. The molecule has 0 radical (unpaired) electrons. The van der Waals surface area contributed by atoms with Gasteiger partial charge in [0.25, 0.3) is 5.91 Å². The minimum atomic E-state index is -0.217. The smallest absolute Gasteiger partial charge is 0.262 e. The van der Waals surface area contributed by atoms with Crippen LogP contribution in [-0.4, -0.2) is 27.2 Å². The minimum Gasteiger partial charge on any atom is -0.493 e. The first-order valence-corrected chi connectivity index (χ1v) is 7.13. The molecule has 120 valence electrons. The van der Waals surface area contributed by atoms with Crippen LogP contribution in [0.5, 0.6) is 11.5 Å². The molecule has 0 fully saturated rings. The van der Waals surface area contributed by atoms with E-state index in [0.29, 0.717) is 11.5 Å². The zero-order valence-electron chi connectivity index (χ0n) is 13.4. The summed E-state index contributed by atoms with van der Waals surface area (Å²) in [6.07, 6.45) is 3.19. The maximum Gasteiger partial charge on any atom is 0.262 e. The summed E-state index contributed by atoms with van der Waals surface area (Å²) in [4.78, 5) is 12.0. The largest absolute Gasteiger partial charge is 0.493 e. The van der Waals surface area contributed by atoms with E-state index in [1.807, 2.05) is 42.5 Å². The van der Waals surface area contributed by atoms with E-state index in [1.54, 1.807) is 38.4 Å². The van der Waals surface area contributed by atoms with Crippen LogP contribution in [0, 0.1) is 0 Å². The van der Waals surface area contributed by atoms with Crippen molar-refractivity contribution in [2.45, 2.75) is 0 Å². The second-order valence-electron chi connectivity index (χ2n) is 4.82. The Morgan fingerprint density at radius 1 is 1.04 bits per heavy atom.